The summed E-state index contributed by atoms with van der Waals surface area (Å²) in [5.41, 5.74) is 0.782. The maximum Gasteiger partial charge on any atom is 0.321 e. The third kappa shape index (κ3) is 4.67. The predicted octanol–water partition coefficient (Wildman–Crippen LogP) is 3.62. The highest BCUT2D eigenvalue weighted by Gasteiger charge is 2.26. The van der Waals surface area contributed by atoms with Crippen molar-refractivity contribution in [1.29, 1.82) is 0 Å². The second-order valence-electron chi connectivity index (χ2n) is 5.92. The Morgan fingerprint density at radius 1 is 1.24 bits per heavy atom. The van der Waals surface area contributed by atoms with Gasteiger partial charge in [0.1, 0.15) is 0 Å². The number of carbonyl (C=O) groups excluding carboxylic acids is 1. The van der Waals surface area contributed by atoms with E-state index >= 15 is 0 Å². The zero-order valence-corrected chi connectivity index (χ0v) is 14.8. The van der Waals surface area contributed by atoms with Gasteiger partial charge in [0.25, 0.3) is 0 Å². The van der Waals surface area contributed by atoms with Gasteiger partial charge in [0.2, 0.25) is 5.13 Å². The lowest BCUT2D eigenvalue weighted by Crippen LogP contribution is -2.40. The number of nitrogens with zero attached hydrogens (tertiary/aromatic N) is 2. The lowest BCUT2D eigenvalue weighted by atomic mass is 9.86. The van der Waals surface area contributed by atoms with Gasteiger partial charge in [-0.2, -0.15) is 9.36 Å². The number of nitrogens with one attached hydrogen (secondary N) is 2. The average Bonchev–Trinajstić information content (AvgIpc) is 3.03. The fourth-order valence-electron chi connectivity index (χ4n) is 2.82. The van der Waals surface area contributed by atoms with Crippen LogP contribution in [0.4, 0.5) is 9.93 Å². The summed E-state index contributed by atoms with van der Waals surface area (Å²) in [7, 11) is 0. The van der Waals surface area contributed by atoms with Crippen LogP contribution in [0.3, 0.4) is 0 Å². The number of carboxylic acid groups (broad SMARTS) is 1. The zero-order valence-electron chi connectivity index (χ0n) is 13.2. The number of hydrogen-bond acceptors (Lipinski definition) is 5. The number of carboxylic acids is 1. The Morgan fingerprint density at radius 3 is 2.68 bits per heavy atom. The number of aromatic nitrogens is 2. The molecule has 0 spiro atoms. The van der Waals surface area contributed by atoms with Crippen LogP contribution in [0.2, 0.25) is 5.02 Å². The maximum absolute atomic E-state index is 12.1. The van der Waals surface area contributed by atoms with Gasteiger partial charge < -0.3 is 10.4 Å². The van der Waals surface area contributed by atoms with E-state index < -0.39 is 5.97 Å². The van der Waals surface area contributed by atoms with E-state index in [1.165, 1.54) is 0 Å². The van der Waals surface area contributed by atoms with E-state index in [2.05, 4.69) is 20.0 Å². The van der Waals surface area contributed by atoms with Gasteiger partial charge in [0.05, 0.1) is 5.92 Å². The molecule has 0 saturated heterocycles. The van der Waals surface area contributed by atoms with Gasteiger partial charge in [0.15, 0.2) is 5.82 Å². The van der Waals surface area contributed by atoms with Crippen LogP contribution in [0.5, 0.6) is 0 Å². The minimum atomic E-state index is -0.759. The first-order chi connectivity index (χ1) is 12.0. The van der Waals surface area contributed by atoms with Gasteiger partial charge in [-0.05, 0) is 37.8 Å². The quantitative estimate of drug-likeness (QED) is 0.751. The van der Waals surface area contributed by atoms with Crippen LogP contribution < -0.4 is 10.6 Å². The molecule has 0 atom stereocenters. The van der Waals surface area contributed by atoms with E-state index in [0.29, 0.717) is 41.7 Å². The molecule has 1 aliphatic rings. The lowest BCUT2D eigenvalue weighted by molar-refractivity contribution is -0.142. The molecule has 132 valence electrons. The van der Waals surface area contributed by atoms with Crippen molar-refractivity contribution in [2.75, 3.05) is 5.32 Å². The molecule has 25 heavy (non-hydrogen) atoms. The van der Waals surface area contributed by atoms with Crippen LogP contribution in [0.15, 0.2) is 24.3 Å². The minimum Gasteiger partial charge on any atom is -0.481 e. The highest BCUT2D eigenvalue weighted by atomic mass is 35.5. The zero-order chi connectivity index (χ0) is 17.8. The Morgan fingerprint density at radius 2 is 2.00 bits per heavy atom. The number of anilines is 1. The largest absolute Gasteiger partial charge is 0.481 e. The standard InChI is InChI=1S/C16H17ClN4O3S/c17-11-3-1-2-10(8-11)13-19-16(25-21-13)20-15(24)18-12-6-4-9(5-7-12)14(22)23/h1-3,8-9,12H,4-7H2,(H,22,23)(H2,18,19,20,21,24). The second kappa shape index (κ2) is 7.79. The third-order valence-corrected chi connectivity index (χ3v) is 5.01. The van der Waals surface area contributed by atoms with Gasteiger partial charge in [0, 0.05) is 28.2 Å². The summed E-state index contributed by atoms with van der Waals surface area (Å²) in [4.78, 5) is 27.3. The van der Waals surface area contributed by atoms with E-state index in [9.17, 15) is 9.59 Å². The first-order valence-electron chi connectivity index (χ1n) is 7.91. The van der Waals surface area contributed by atoms with Crippen LogP contribution in [-0.4, -0.2) is 32.5 Å². The molecular formula is C16H17ClN4O3S. The Hall–Kier alpha value is -2.19. The van der Waals surface area contributed by atoms with Crippen molar-refractivity contribution in [2.45, 2.75) is 31.7 Å². The molecule has 2 aromatic rings. The first kappa shape index (κ1) is 17.6. The Labute approximate surface area is 153 Å². The lowest BCUT2D eigenvalue weighted by Gasteiger charge is -2.26. The summed E-state index contributed by atoms with van der Waals surface area (Å²) >= 11 is 7.05. The van der Waals surface area contributed by atoms with Crippen molar-refractivity contribution in [2.24, 2.45) is 5.92 Å². The van der Waals surface area contributed by atoms with Gasteiger partial charge >= 0.3 is 12.0 Å². The summed E-state index contributed by atoms with van der Waals surface area (Å²) in [5, 5.41) is 15.5. The summed E-state index contributed by atoms with van der Waals surface area (Å²) in [6.45, 7) is 0. The van der Waals surface area contributed by atoms with Crippen LogP contribution in [0.25, 0.3) is 11.4 Å². The van der Waals surface area contributed by atoms with E-state index in [0.717, 1.165) is 17.1 Å². The Bertz CT molecular complexity index is 774. The molecule has 3 N–H and O–H groups in total. The predicted molar refractivity (Wildman–Crippen MR) is 95.9 cm³/mol. The van der Waals surface area contributed by atoms with Crippen LogP contribution >= 0.6 is 23.1 Å². The molecule has 1 saturated carbocycles. The molecule has 0 bridgehead atoms. The molecule has 1 aliphatic carbocycles. The van der Waals surface area contributed by atoms with Crippen molar-refractivity contribution in [3.63, 3.8) is 0 Å². The van der Waals surface area contributed by atoms with Crippen LogP contribution in [0, 0.1) is 5.92 Å². The van der Waals surface area contributed by atoms with Gasteiger partial charge in [-0.1, -0.05) is 23.7 Å². The maximum atomic E-state index is 12.1. The molecule has 0 unspecified atom stereocenters. The fourth-order valence-corrected chi connectivity index (χ4v) is 3.60. The van der Waals surface area contributed by atoms with Crippen molar-refractivity contribution in [1.82, 2.24) is 14.7 Å². The monoisotopic (exact) mass is 380 g/mol. The summed E-state index contributed by atoms with van der Waals surface area (Å²) in [6, 6.07) is 6.81. The van der Waals surface area contributed by atoms with E-state index in [1.54, 1.807) is 12.1 Å². The molecule has 1 aromatic heterocycles. The third-order valence-electron chi connectivity index (χ3n) is 4.14. The first-order valence-corrected chi connectivity index (χ1v) is 9.06. The van der Waals surface area contributed by atoms with Crippen LogP contribution in [0.1, 0.15) is 25.7 Å². The molecule has 9 heteroatoms. The Balaban J connectivity index is 1.53. The smallest absolute Gasteiger partial charge is 0.321 e. The number of amides is 2. The summed E-state index contributed by atoms with van der Waals surface area (Å²) in [5.74, 6) is -0.556. The summed E-state index contributed by atoms with van der Waals surface area (Å²) < 4.78 is 4.22. The molecule has 1 heterocycles. The molecule has 1 aromatic carbocycles. The highest BCUT2D eigenvalue weighted by molar-refractivity contribution is 7.10. The number of urea groups is 1. The molecule has 7 nitrogen and oxygen atoms in total. The number of aliphatic carboxylic acids is 1. The molecule has 3 rings (SSSR count). The van der Waals surface area contributed by atoms with Crippen molar-refractivity contribution in [3.05, 3.63) is 29.3 Å². The van der Waals surface area contributed by atoms with Gasteiger partial charge in [-0.25, -0.2) is 4.79 Å². The number of hydrogen-bond donors (Lipinski definition) is 3. The van der Waals surface area contributed by atoms with Crippen molar-refractivity contribution < 1.29 is 14.7 Å². The normalized spacial score (nSPS) is 20.0. The molecule has 1 fully saturated rings. The Kier molecular flexibility index (Phi) is 5.50. The molecule has 0 radical (unpaired) electrons. The van der Waals surface area contributed by atoms with Crippen LogP contribution in [-0.2, 0) is 4.79 Å². The van der Waals surface area contributed by atoms with E-state index in [4.69, 9.17) is 16.7 Å². The average molecular weight is 381 g/mol. The van der Waals surface area contributed by atoms with Crippen molar-refractivity contribution >= 4 is 40.3 Å². The minimum absolute atomic E-state index is 0.0177. The van der Waals surface area contributed by atoms with Gasteiger partial charge in [-0.3, -0.25) is 10.1 Å². The SMILES string of the molecule is O=C(Nc1nc(-c2cccc(Cl)c2)ns1)NC1CCC(C(=O)O)CC1. The number of rotatable bonds is 4. The summed E-state index contributed by atoms with van der Waals surface area (Å²) in [6.07, 6.45) is 2.48. The van der Waals surface area contributed by atoms with E-state index in [-0.39, 0.29) is 18.0 Å². The molecular weight excluding hydrogens is 364 g/mol. The molecule has 2 amide bonds. The molecule has 0 aliphatic heterocycles. The number of benzene rings is 1. The van der Waals surface area contributed by atoms with E-state index in [1.807, 2.05) is 12.1 Å². The highest BCUT2D eigenvalue weighted by Crippen LogP contribution is 2.25. The topological polar surface area (TPSA) is 104 Å². The van der Waals surface area contributed by atoms with Gasteiger partial charge in [-0.15, -0.1) is 0 Å². The van der Waals surface area contributed by atoms with Crippen molar-refractivity contribution in [3.8, 4) is 11.4 Å². The second-order valence-corrected chi connectivity index (χ2v) is 7.11. The number of carbonyl (C=O) groups is 2. The number of halogens is 1. The fraction of sp³-hybridized carbons (Fsp3) is 0.375.